The number of benzene rings is 2. The van der Waals surface area contributed by atoms with Crippen LogP contribution in [0.5, 0.6) is 0 Å². The van der Waals surface area contributed by atoms with Gasteiger partial charge in [-0.15, -0.1) is 0 Å². The lowest BCUT2D eigenvalue weighted by atomic mass is 10.2. The van der Waals surface area contributed by atoms with Crippen LogP contribution in [-0.4, -0.2) is 68.2 Å². The molecule has 150 valence electrons. The first-order valence-electron chi connectivity index (χ1n) is 9.12. The minimum atomic E-state index is -3.50. The van der Waals surface area contributed by atoms with Crippen LogP contribution in [0.4, 0.5) is 0 Å². The van der Waals surface area contributed by atoms with Crippen molar-refractivity contribution in [1.82, 2.24) is 14.1 Å². The number of halogens is 1. The number of carbonyl (C=O) groups excluding carboxylic acids is 1. The summed E-state index contributed by atoms with van der Waals surface area (Å²) < 4.78 is 26.8. The van der Waals surface area contributed by atoms with Gasteiger partial charge in [0.05, 0.1) is 11.4 Å². The first-order chi connectivity index (χ1) is 13.4. The molecule has 1 amide bonds. The maximum absolute atomic E-state index is 12.7. The summed E-state index contributed by atoms with van der Waals surface area (Å²) in [5.41, 5.74) is 1.08. The van der Waals surface area contributed by atoms with Gasteiger partial charge < -0.3 is 4.90 Å². The molecule has 28 heavy (non-hydrogen) atoms. The normalized spacial score (nSPS) is 15.8. The first-order valence-corrected chi connectivity index (χ1v) is 10.9. The summed E-state index contributed by atoms with van der Waals surface area (Å²) in [6.07, 6.45) is 0. The van der Waals surface area contributed by atoms with Crippen LogP contribution in [0, 0.1) is 0 Å². The second kappa shape index (κ2) is 9.05. The predicted octanol–water partition coefficient (Wildman–Crippen LogP) is 2.30. The fraction of sp³-hybridized carbons (Fsp3) is 0.350. The molecule has 0 atom stereocenters. The van der Waals surface area contributed by atoms with Crippen LogP contribution in [-0.2, 0) is 21.4 Å². The van der Waals surface area contributed by atoms with Gasteiger partial charge in [-0.3, -0.25) is 9.69 Å². The SMILES string of the molecule is CN(CC(=O)N1CCN(S(=O)(=O)c2ccccc2)CC1)Cc1ccc(Cl)cc1. The quantitative estimate of drug-likeness (QED) is 0.718. The molecule has 0 saturated carbocycles. The number of amides is 1. The van der Waals surface area contributed by atoms with Crippen LogP contribution in [0.1, 0.15) is 5.56 Å². The number of hydrogen-bond donors (Lipinski definition) is 0. The Morgan fingerprint density at radius 3 is 2.21 bits per heavy atom. The standard InChI is InChI=1S/C20H24ClN3O3S/c1-22(15-17-7-9-18(21)10-8-17)16-20(25)23-11-13-24(14-12-23)28(26,27)19-5-3-2-4-6-19/h2-10H,11-16H2,1H3. The number of carbonyl (C=O) groups is 1. The highest BCUT2D eigenvalue weighted by atomic mass is 35.5. The molecule has 1 heterocycles. The van der Waals surface area contributed by atoms with Crippen LogP contribution in [0.2, 0.25) is 5.02 Å². The Kier molecular flexibility index (Phi) is 6.72. The Balaban J connectivity index is 1.51. The summed E-state index contributed by atoms with van der Waals surface area (Å²) in [6, 6.07) is 15.9. The van der Waals surface area contributed by atoms with Crippen LogP contribution in [0.25, 0.3) is 0 Å². The van der Waals surface area contributed by atoms with Crippen molar-refractivity contribution < 1.29 is 13.2 Å². The lowest BCUT2D eigenvalue weighted by Crippen LogP contribution is -2.52. The van der Waals surface area contributed by atoms with E-state index in [9.17, 15) is 13.2 Å². The van der Waals surface area contributed by atoms with E-state index in [1.807, 2.05) is 36.2 Å². The van der Waals surface area contributed by atoms with Crippen molar-refractivity contribution in [3.63, 3.8) is 0 Å². The minimum Gasteiger partial charge on any atom is -0.339 e. The molecule has 3 rings (SSSR count). The molecule has 8 heteroatoms. The van der Waals surface area contributed by atoms with E-state index in [1.165, 1.54) is 4.31 Å². The Labute approximate surface area is 171 Å². The van der Waals surface area contributed by atoms with Crippen molar-refractivity contribution in [2.24, 2.45) is 0 Å². The lowest BCUT2D eigenvalue weighted by Gasteiger charge is -2.34. The number of sulfonamides is 1. The van der Waals surface area contributed by atoms with E-state index in [4.69, 9.17) is 11.6 Å². The van der Waals surface area contributed by atoms with Crippen molar-refractivity contribution in [3.05, 3.63) is 65.2 Å². The maximum Gasteiger partial charge on any atom is 0.243 e. The van der Waals surface area contributed by atoms with E-state index in [2.05, 4.69) is 0 Å². The Bertz CT molecular complexity index is 896. The van der Waals surface area contributed by atoms with Crippen LogP contribution in [0.3, 0.4) is 0 Å². The third kappa shape index (κ3) is 5.11. The van der Waals surface area contributed by atoms with E-state index in [0.717, 1.165) is 5.56 Å². The molecule has 1 aliphatic rings. The average molecular weight is 422 g/mol. The molecule has 0 aliphatic carbocycles. The smallest absolute Gasteiger partial charge is 0.243 e. The summed E-state index contributed by atoms with van der Waals surface area (Å²) in [5, 5.41) is 0.686. The van der Waals surface area contributed by atoms with Crippen molar-refractivity contribution in [1.29, 1.82) is 0 Å². The van der Waals surface area contributed by atoms with Gasteiger partial charge in [0.25, 0.3) is 0 Å². The van der Waals surface area contributed by atoms with E-state index < -0.39 is 10.0 Å². The number of rotatable bonds is 6. The third-order valence-corrected chi connectivity index (χ3v) is 6.91. The maximum atomic E-state index is 12.7. The summed E-state index contributed by atoms with van der Waals surface area (Å²) in [6.45, 7) is 2.35. The summed E-state index contributed by atoms with van der Waals surface area (Å²) in [4.78, 5) is 16.5. The number of likely N-dealkylation sites (N-methyl/N-ethyl adjacent to an activating group) is 1. The summed E-state index contributed by atoms with van der Waals surface area (Å²) >= 11 is 5.90. The van der Waals surface area contributed by atoms with E-state index >= 15 is 0 Å². The number of hydrogen-bond acceptors (Lipinski definition) is 4. The molecule has 0 unspecified atom stereocenters. The van der Waals surface area contributed by atoms with Gasteiger partial charge >= 0.3 is 0 Å². The Morgan fingerprint density at radius 2 is 1.61 bits per heavy atom. The van der Waals surface area contributed by atoms with E-state index in [1.54, 1.807) is 35.2 Å². The molecule has 0 radical (unpaired) electrons. The van der Waals surface area contributed by atoms with Gasteiger partial charge in [-0.2, -0.15) is 4.31 Å². The lowest BCUT2D eigenvalue weighted by molar-refractivity contribution is -0.133. The zero-order valence-electron chi connectivity index (χ0n) is 15.8. The molecule has 0 aromatic heterocycles. The van der Waals surface area contributed by atoms with Gasteiger partial charge in [-0.05, 0) is 36.9 Å². The topological polar surface area (TPSA) is 60.9 Å². The molecular formula is C20H24ClN3O3S. The highest BCUT2D eigenvalue weighted by molar-refractivity contribution is 7.89. The largest absolute Gasteiger partial charge is 0.339 e. The molecular weight excluding hydrogens is 398 g/mol. The monoisotopic (exact) mass is 421 g/mol. The minimum absolute atomic E-state index is 0.00761. The van der Waals surface area contributed by atoms with Gasteiger partial charge in [-0.1, -0.05) is 41.9 Å². The van der Waals surface area contributed by atoms with Gasteiger partial charge in [0, 0.05) is 37.7 Å². The molecule has 2 aromatic rings. The molecule has 0 N–H and O–H groups in total. The average Bonchev–Trinajstić information content (AvgIpc) is 2.70. The van der Waals surface area contributed by atoms with E-state index in [-0.39, 0.29) is 17.3 Å². The fourth-order valence-corrected chi connectivity index (χ4v) is 4.78. The molecule has 1 saturated heterocycles. The van der Waals surface area contributed by atoms with Gasteiger partial charge in [0.15, 0.2) is 0 Å². The number of nitrogens with zero attached hydrogens (tertiary/aromatic N) is 3. The van der Waals surface area contributed by atoms with Gasteiger partial charge in [-0.25, -0.2) is 8.42 Å². The van der Waals surface area contributed by atoms with Crippen LogP contribution >= 0.6 is 11.6 Å². The summed E-state index contributed by atoms with van der Waals surface area (Å²) in [5.74, 6) is 0.00761. The second-order valence-corrected chi connectivity index (χ2v) is 9.27. The molecule has 0 spiro atoms. The zero-order chi connectivity index (χ0) is 20.1. The predicted molar refractivity (Wildman–Crippen MR) is 110 cm³/mol. The van der Waals surface area contributed by atoms with Crippen molar-refractivity contribution in [3.8, 4) is 0 Å². The van der Waals surface area contributed by atoms with Crippen LogP contribution in [0.15, 0.2) is 59.5 Å². The number of piperazine rings is 1. The molecule has 6 nitrogen and oxygen atoms in total. The van der Waals surface area contributed by atoms with Crippen molar-refractivity contribution in [2.45, 2.75) is 11.4 Å². The Hall–Kier alpha value is -1.93. The Morgan fingerprint density at radius 1 is 1.00 bits per heavy atom. The van der Waals surface area contributed by atoms with Crippen molar-refractivity contribution >= 4 is 27.5 Å². The first kappa shape index (κ1) is 20.8. The summed E-state index contributed by atoms with van der Waals surface area (Å²) in [7, 11) is -1.61. The molecule has 0 bridgehead atoms. The van der Waals surface area contributed by atoms with Crippen LogP contribution < -0.4 is 0 Å². The highest BCUT2D eigenvalue weighted by Gasteiger charge is 2.30. The van der Waals surface area contributed by atoms with Gasteiger partial charge in [0.1, 0.15) is 0 Å². The second-order valence-electron chi connectivity index (χ2n) is 6.90. The molecule has 1 aliphatic heterocycles. The fourth-order valence-electron chi connectivity index (χ4n) is 3.21. The highest BCUT2D eigenvalue weighted by Crippen LogP contribution is 2.17. The zero-order valence-corrected chi connectivity index (χ0v) is 17.4. The van der Waals surface area contributed by atoms with Gasteiger partial charge in [0.2, 0.25) is 15.9 Å². The van der Waals surface area contributed by atoms with E-state index in [0.29, 0.717) is 37.7 Å². The molecule has 1 fully saturated rings. The van der Waals surface area contributed by atoms with Crippen molar-refractivity contribution in [2.75, 3.05) is 39.8 Å². The molecule has 2 aromatic carbocycles. The third-order valence-electron chi connectivity index (χ3n) is 4.74.